The predicted molar refractivity (Wildman–Crippen MR) is 92.0 cm³/mol. The van der Waals surface area contributed by atoms with Crippen LogP contribution in [-0.4, -0.2) is 22.0 Å². The monoisotopic (exact) mass is 323 g/mol. The van der Waals surface area contributed by atoms with Gasteiger partial charge in [0.1, 0.15) is 11.6 Å². The lowest BCUT2D eigenvalue weighted by Gasteiger charge is -2.06. The zero-order valence-corrected chi connectivity index (χ0v) is 13.6. The van der Waals surface area contributed by atoms with Crippen molar-refractivity contribution in [3.05, 3.63) is 53.7 Å². The largest absolute Gasteiger partial charge is 0.469 e. The third-order valence-corrected chi connectivity index (χ3v) is 4.61. The maximum atomic E-state index is 12.3. The van der Waals surface area contributed by atoms with Gasteiger partial charge in [-0.05, 0) is 43.2 Å². The van der Waals surface area contributed by atoms with E-state index in [0.29, 0.717) is 18.5 Å². The number of nitrogens with zero attached hydrogens (tertiary/aromatic N) is 2. The van der Waals surface area contributed by atoms with Crippen molar-refractivity contribution >= 4 is 16.9 Å². The molecule has 124 valence electrons. The van der Waals surface area contributed by atoms with Gasteiger partial charge in [-0.1, -0.05) is 6.42 Å². The Hall–Kier alpha value is -2.56. The lowest BCUT2D eigenvalue weighted by atomic mass is 10.1. The number of hydrogen-bond acceptors (Lipinski definition) is 3. The van der Waals surface area contributed by atoms with Crippen molar-refractivity contribution in [1.29, 1.82) is 0 Å². The first-order chi connectivity index (χ1) is 11.8. The molecule has 5 nitrogen and oxygen atoms in total. The molecule has 0 saturated carbocycles. The molecule has 0 saturated heterocycles. The molecule has 1 aliphatic rings. The Balaban J connectivity index is 1.49. The van der Waals surface area contributed by atoms with Crippen LogP contribution in [-0.2, 0) is 19.4 Å². The number of aromatic nitrogens is 2. The van der Waals surface area contributed by atoms with Crippen LogP contribution in [0.2, 0.25) is 0 Å². The molecule has 0 atom stereocenters. The lowest BCUT2D eigenvalue weighted by Crippen LogP contribution is -2.25. The number of imidazole rings is 1. The highest BCUT2D eigenvalue weighted by Gasteiger charge is 2.15. The van der Waals surface area contributed by atoms with Crippen LogP contribution in [0.25, 0.3) is 11.0 Å². The molecule has 0 aliphatic carbocycles. The second kappa shape index (κ2) is 6.51. The number of furan rings is 1. The highest BCUT2D eigenvalue weighted by atomic mass is 16.3. The van der Waals surface area contributed by atoms with Crippen molar-refractivity contribution in [2.24, 2.45) is 0 Å². The van der Waals surface area contributed by atoms with Gasteiger partial charge in [0.2, 0.25) is 0 Å². The molecule has 0 unspecified atom stereocenters. The van der Waals surface area contributed by atoms with Crippen LogP contribution < -0.4 is 5.32 Å². The Bertz CT molecular complexity index is 849. The number of carbonyl (C=O) groups excluding carboxylic acids is 1. The standard InChI is InChI=1S/C19H21N3O2/c23-19(20-10-9-15-5-4-12-24-15)14-7-8-17-16(13-14)21-18-6-2-1-3-11-22(17)18/h4-5,7-8,12-13H,1-3,6,9-11H2,(H,20,23). The second-order valence-corrected chi connectivity index (χ2v) is 6.28. The number of hydrogen-bond donors (Lipinski definition) is 1. The Kier molecular flexibility index (Phi) is 4.07. The van der Waals surface area contributed by atoms with Crippen LogP contribution in [0.4, 0.5) is 0 Å². The van der Waals surface area contributed by atoms with Gasteiger partial charge in [0.25, 0.3) is 5.91 Å². The van der Waals surface area contributed by atoms with Gasteiger partial charge in [-0.25, -0.2) is 4.98 Å². The van der Waals surface area contributed by atoms with Crippen LogP contribution in [0.1, 0.15) is 41.2 Å². The van der Waals surface area contributed by atoms with E-state index >= 15 is 0 Å². The van der Waals surface area contributed by atoms with Crippen molar-refractivity contribution < 1.29 is 9.21 Å². The van der Waals surface area contributed by atoms with Crippen molar-refractivity contribution in [1.82, 2.24) is 14.9 Å². The maximum Gasteiger partial charge on any atom is 0.251 e. The number of amides is 1. The minimum absolute atomic E-state index is 0.0633. The molecule has 1 aliphatic heterocycles. The SMILES string of the molecule is O=C(NCCc1ccco1)c1ccc2c(c1)nc1n2CCCCC1. The third-order valence-electron chi connectivity index (χ3n) is 4.61. The average molecular weight is 323 g/mol. The summed E-state index contributed by atoms with van der Waals surface area (Å²) in [4.78, 5) is 17.1. The first kappa shape index (κ1) is 15.0. The molecule has 3 heterocycles. The molecule has 4 rings (SSSR count). The van der Waals surface area contributed by atoms with Crippen molar-refractivity contribution in [2.45, 2.75) is 38.6 Å². The van der Waals surface area contributed by atoms with Crippen LogP contribution in [0, 0.1) is 0 Å². The zero-order chi connectivity index (χ0) is 16.4. The molecular weight excluding hydrogens is 302 g/mol. The van der Waals surface area contributed by atoms with Gasteiger partial charge in [0.05, 0.1) is 17.3 Å². The molecular formula is C19H21N3O2. The fourth-order valence-corrected chi connectivity index (χ4v) is 3.35. The number of nitrogens with one attached hydrogen (secondary N) is 1. The fraction of sp³-hybridized carbons (Fsp3) is 0.368. The maximum absolute atomic E-state index is 12.3. The summed E-state index contributed by atoms with van der Waals surface area (Å²) >= 11 is 0. The van der Waals surface area contributed by atoms with Crippen LogP contribution in [0.15, 0.2) is 41.0 Å². The molecule has 24 heavy (non-hydrogen) atoms. The van der Waals surface area contributed by atoms with Crippen LogP contribution in [0.3, 0.4) is 0 Å². The summed E-state index contributed by atoms with van der Waals surface area (Å²) in [5, 5.41) is 2.94. The molecule has 1 aromatic carbocycles. The van der Waals surface area contributed by atoms with Gasteiger partial charge >= 0.3 is 0 Å². The number of aryl methyl sites for hydroxylation is 2. The molecule has 1 N–H and O–H groups in total. The second-order valence-electron chi connectivity index (χ2n) is 6.28. The highest BCUT2D eigenvalue weighted by Crippen LogP contribution is 2.22. The van der Waals surface area contributed by atoms with E-state index in [1.807, 2.05) is 30.3 Å². The van der Waals surface area contributed by atoms with Gasteiger partial charge in [-0.2, -0.15) is 0 Å². The van der Waals surface area contributed by atoms with Crippen LogP contribution in [0.5, 0.6) is 0 Å². The van der Waals surface area contributed by atoms with Gasteiger partial charge in [-0.15, -0.1) is 0 Å². The highest BCUT2D eigenvalue weighted by molar-refractivity contribution is 5.97. The Morgan fingerprint density at radius 1 is 1.25 bits per heavy atom. The van der Waals surface area contributed by atoms with Gasteiger partial charge < -0.3 is 14.3 Å². The van der Waals surface area contributed by atoms with E-state index in [1.165, 1.54) is 19.3 Å². The molecule has 1 amide bonds. The average Bonchev–Trinajstić information content (AvgIpc) is 3.16. The minimum atomic E-state index is -0.0633. The molecule has 0 spiro atoms. The summed E-state index contributed by atoms with van der Waals surface area (Å²) in [5.74, 6) is 1.97. The zero-order valence-electron chi connectivity index (χ0n) is 13.6. The van der Waals surface area contributed by atoms with Gasteiger partial charge in [0.15, 0.2) is 0 Å². The van der Waals surface area contributed by atoms with Crippen molar-refractivity contribution in [3.8, 4) is 0 Å². The number of carbonyl (C=O) groups is 1. The minimum Gasteiger partial charge on any atom is -0.469 e. The molecule has 0 bridgehead atoms. The quantitative estimate of drug-likeness (QED) is 0.801. The van der Waals surface area contributed by atoms with E-state index in [4.69, 9.17) is 9.40 Å². The van der Waals surface area contributed by atoms with E-state index in [9.17, 15) is 4.79 Å². The number of benzene rings is 1. The smallest absolute Gasteiger partial charge is 0.251 e. The summed E-state index contributed by atoms with van der Waals surface area (Å²) < 4.78 is 7.58. The number of fused-ring (bicyclic) bond motifs is 3. The van der Waals surface area contributed by atoms with E-state index in [2.05, 4.69) is 9.88 Å². The third kappa shape index (κ3) is 2.94. The predicted octanol–water partition coefficient (Wildman–Crippen LogP) is 3.33. The van der Waals surface area contributed by atoms with E-state index in [1.54, 1.807) is 6.26 Å². The Labute approximate surface area is 140 Å². The van der Waals surface area contributed by atoms with Crippen molar-refractivity contribution in [3.63, 3.8) is 0 Å². The molecule has 0 fully saturated rings. The van der Waals surface area contributed by atoms with Crippen molar-refractivity contribution in [2.75, 3.05) is 6.54 Å². The first-order valence-corrected chi connectivity index (χ1v) is 8.61. The summed E-state index contributed by atoms with van der Waals surface area (Å²) in [6.07, 6.45) is 7.03. The molecule has 3 aromatic rings. The summed E-state index contributed by atoms with van der Waals surface area (Å²) in [6.45, 7) is 1.59. The lowest BCUT2D eigenvalue weighted by molar-refractivity contribution is 0.0954. The molecule has 2 aromatic heterocycles. The fourth-order valence-electron chi connectivity index (χ4n) is 3.35. The van der Waals surface area contributed by atoms with Gasteiger partial charge in [-0.3, -0.25) is 4.79 Å². The summed E-state index contributed by atoms with van der Waals surface area (Å²) in [5.41, 5.74) is 2.72. The summed E-state index contributed by atoms with van der Waals surface area (Å²) in [6, 6.07) is 9.59. The van der Waals surface area contributed by atoms with Crippen LogP contribution >= 0.6 is 0 Å². The van der Waals surface area contributed by atoms with Gasteiger partial charge in [0, 0.05) is 31.5 Å². The Morgan fingerprint density at radius 2 is 2.21 bits per heavy atom. The van der Waals surface area contributed by atoms with E-state index < -0.39 is 0 Å². The Morgan fingerprint density at radius 3 is 3.08 bits per heavy atom. The van der Waals surface area contributed by atoms with E-state index in [0.717, 1.165) is 35.6 Å². The van der Waals surface area contributed by atoms with E-state index in [-0.39, 0.29) is 5.91 Å². The molecule has 0 radical (unpaired) electrons. The topological polar surface area (TPSA) is 60.1 Å². The molecule has 5 heteroatoms. The number of rotatable bonds is 4. The normalized spacial score (nSPS) is 14.3. The summed E-state index contributed by atoms with van der Waals surface area (Å²) in [7, 11) is 0. The first-order valence-electron chi connectivity index (χ1n) is 8.61.